The number of benzene rings is 4. The molecule has 0 unspecified atom stereocenters. The predicted octanol–water partition coefficient (Wildman–Crippen LogP) is 6.62. The van der Waals surface area contributed by atoms with Gasteiger partial charge < -0.3 is 4.74 Å². The van der Waals surface area contributed by atoms with E-state index in [1.54, 1.807) is 23.3 Å². The standard InChI is InChI=1S/C30H22Cl2N2O4/c31-21-15-22(32)17-24(16-21)33-29(35)26-27(34(38-28(26)30(33)36)23-9-5-2-6-10-23)20-11-13-25(14-12-20)37-18-19-7-3-1-4-8-19/h1-17,26-28H,18H2/t26-,27+,28+/m0/s1. The lowest BCUT2D eigenvalue weighted by molar-refractivity contribution is -0.126. The number of halogens is 2. The van der Waals surface area contributed by atoms with Crippen LogP contribution in [-0.4, -0.2) is 17.9 Å². The second-order valence-corrected chi connectivity index (χ2v) is 10.0. The van der Waals surface area contributed by atoms with Crippen LogP contribution in [-0.2, 0) is 21.0 Å². The Kier molecular flexibility index (Phi) is 6.54. The highest BCUT2D eigenvalue weighted by Crippen LogP contribution is 2.48. The fourth-order valence-electron chi connectivity index (χ4n) is 4.98. The first-order valence-electron chi connectivity index (χ1n) is 12.1. The molecule has 0 aliphatic carbocycles. The van der Waals surface area contributed by atoms with E-state index in [1.165, 1.54) is 0 Å². The summed E-state index contributed by atoms with van der Waals surface area (Å²) in [6, 6.07) is 31.0. The highest BCUT2D eigenvalue weighted by molar-refractivity contribution is 6.35. The van der Waals surface area contributed by atoms with Gasteiger partial charge in [0.2, 0.25) is 5.91 Å². The molecule has 0 saturated carbocycles. The van der Waals surface area contributed by atoms with Crippen molar-refractivity contribution in [3.8, 4) is 5.75 Å². The number of hydrogen-bond acceptors (Lipinski definition) is 5. The smallest absolute Gasteiger partial charge is 0.266 e. The van der Waals surface area contributed by atoms with E-state index in [0.29, 0.717) is 28.1 Å². The lowest BCUT2D eigenvalue weighted by atomic mass is 9.90. The second kappa shape index (κ2) is 10.1. The summed E-state index contributed by atoms with van der Waals surface area (Å²) < 4.78 is 5.94. The van der Waals surface area contributed by atoms with Gasteiger partial charge in [0, 0.05) is 10.0 Å². The molecule has 6 rings (SSSR count). The monoisotopic (exact) mass is 544 g/mol. The Bertz CT molecular complexity index is 1460. The summed E-state index contributed by atoms with van der Waals surface area (Å²) in [5, 5.41) is 2.33. The van der Waals surface area contributed by atoms with E-state index in [1.807, 2.05) is 84.9 Å². The minimum Gasteiger partial charge on any atom is -0.489 e. The summed E-state index contributed by atoms with van der Waals surface area (Å²) in [7, 11) is 0. The summed E-state index contributed by atoms with van der Waals surface area (Å²) in [6.07, 6.45) is -0.987. The van der Waals surface area contributed by atoms with E-state index in [9.17, 15) is 9.59 Å². The minimum absolute atomic E-state index is 0.324. The molecule has 4 aromatic carbocycles. The van der Waals surface area contributed by atoms with Crippen molar-refractivity contribution in [3.63, 3.8) is 0 Å². The molecule has 38 heavy (non-hydrogen) atoms. The molecule has 2 aliphatic heterocycles. The van der Waals surface area contributed by atoms with Gasteiger partial charge in [-0.15, -0.1) is 0 Å². The van der Waals surface area contributed by atoms with Crippen LogP contribution < -0.4 is 14.7 Å². The fraction of sp³-hybridized carbons (Fsp3) is 0.133. The van der Waals surface area contributed by atoms with Gasteiger partial charge in [-0.3, -0.25) is 14.4 Å². The van der Waals surface area contributed by atoms with Crippen LogP contribution in [0.1, 0.15) is 17.2 Å². The molecule has 0 N–H and O–H groups in total. The van der Waals surface area contributed by atoms with Crippen LogP contribution in [0.5, 0.6) is 5.75 Å². The summed E-state index contributed by atoms with van der Waals surface area (Å²) >= 11 is 12.3. The first-order valence-corrected chi connectivity index (χ1v) is 12.9. The lowest BCUT2D eigenvalue weighted by Gasteiger charge is -2.29. The number of rotatable bonds is 6. The molecule has 2 heterocycles. The van der Waals surface area contributed by atoms with E-state index < -0.39 is 24.0 Å². The van der Waals surface area contributed by atoms with Gasteiger partial charge >= 0.3 is 0 Å². The molecular formula is C30H22Cl2N2O4. The van der Waals surface area contributed by atoms with Gasteiger partial charge in [-0.25, -0.2) is 9.96 Å². The van der Waals surface area contributed by atoms with Crippen LogP contribution >= 0.6 is 23.2 Å². The van der Waals surface area contributed by atoms with E-state index >= 15 is 0 Å². The van der Waals surface area contributed by atoms with E-state index in [4.69, 9.17) is 32.8 Å². The molecule has 190 valence electrons. The molecule has 0 radical (unpaired) electrons. The van der Waals surface area contributed by atoms with Gasteiger partial charge in [0.25, 0.3) is 5.91 Å². The molecule has 0 aromatic heterocycles. The van der Waals surface area contributed by atoms with E-state index in [2.05, 4.69) is 0 Å². The number of carbonyl (C=O) groups is 2. The average molecular weight is 545 g/mol. The summed E-state index contributed by atoms with van der Waals surface area (Å²) in [6.45, 7) is 0.442. The highest BCUT2D eigenvalue weighted by atomic mass is 35.5. The SMILES string of the molecule is O=C1[C@H]2[C@@H](c3ccc(OCc4ccccc4)cc3)N(c3ccccc3)O[C@H]2C(=O)N1c1cc(Cl)cc(Cl)c1. The van der Waals surface area contributed by atoms with Gasteiger partial charge in [0.15, 0.2) is 6.10 Å². The van der Waals surface area contributed by atoms with Gasteiger partial charge in [0.1, 0.15) is 18.3 Å². The van der Waals surface area contributed by atoms with Crippen molar-refractivity contribution in [2.24, 2.45) is 5.92 Å². The normalized spacial score (nSPS) is 20.6. The van der Waals surface area contributed by atoms with Crippen LogP contribution in [0.15, 0.2) is 103 Å². The zero-order valence-corrected chi connectivity index (χ0v) is 21.5. The molecule has 2 fully saturated rings. The molecule has 0 bridgehead atoms. The number of hydroxylamine groups is 1. The molecule has 2 saturated heterocycles. The highest BCUT2D eigenvalue weighted by Gasteiger charge is 2.60. The van der Waals surface area contributed by atoms with Gasteiger partial charge in [0.05, 0.1) is 17.4 Å². The minimum atomic E-state index is -0.987. The van der Waals surface area contributed by atoms with Crippen molar-refractivity contribution in [3.05, 3.63) is 124 Å². The van der Waals surface area contributed by atoms with E-state index in [-0.39, 0.29) is 5.91 Å². The Labute approximate surface area is 229 Å². The maximum atomic E-state index is 13.8. The number of amides is 2. The molecular weight excluding hydrogens is 523 g/mol. The maximum absolute atomic E-state index is 13.8. The van der Waals surface area contributed by atoms with Crippen LogP contribution in [0.2, 0.25) is 10.0 Å². The zero-order valence-electron chi connectivity index (χ0n) is 20.0. The zero-order chi connectivity index (χ0) is 26.2. The molecule has 0 spiro atoms. The van der Waals surface area contributed by atoms with Crippen LogP contribution in [0, 0.1) is 5.92 Å². The first kappa shape index (κ1) is 24.5. The van der Waals surface area contributed by atoms with Crippen LogP contribution in [0.3, 0.4) is 0 Å². The van der Waals surface area contributed by atoms with Crippen molar-refractivity contribution >= 4 is 46.4 Å². The maximum Gasteiger partial charge on any atom is 0.266 e. The summed E-state index contributed by atoms with van der Waals surface area (Å²) in [5.41, 5.74) is 2.95. The first-order chi connectivity index (χ1) is 18.5. The summed E-state index contributed by atoms with van der Waals surface area (Å²) in [4.78, 5) is 34.6. The molecule has 2 amide bonds. The Hall–Kier alpha value is -3.84. The lowest BCUT2D eigenvalue weighted by Crippen LogP contribution is -2.37. The Morgan fingerprint density at radius 1 is 0.737 bits per heavy atom. The largest absolute Gasteiger partial charge is 0.489 e. The third-order valence-corrected chi connectivity index (χ3v) is 7.14. The Balaban J connectivity index is 1.32. The van der Waals surface area contributed by atoms with Gasteiger partial charge in [-0.2, -0.15) is 0 Å². The topological polar surface area (TPSA) is 59.1 Å². The predicted molar refractivity (Wildman–Crippen MR) is 146 cm³/mol. The number of nitrogens with zero attached hydrogens (tertiary/aromatic N) is 2. The van der Waals surface area contributed by atoms with Gasteiger partial charge in [-0.05, 0) is 53.6 Å². The molecule has 8 heteroatoms. The van der Waals surface area contributed by atoms with Crippen LogP contribution in [0.4, 0.5) is 11.4 Å². The number of fused-ring (bicyclic) bond motifs is 1. The van der Waals surface area contributed by atoms with Crippen molar-refractivity contribution in [1.82, 2.24) is 0 Å². The van der Waals surface area contributed by atoms with E-state index in [0.717, 1.165) is 21.7 Å². The number of anilines is 2. The summed E-state index contributed by atoms with van der Waals surface area (Å²) in [5.74, 6) is -0.893. The quantitative estimate of drug-likeness (QED) is 0.255. The number of imide groups is 1. The molecule has 3 atom stereocenters. The van der Waals surface area contributed by atoms with Crippen molar-refractivity contribution < 1.29 is 19.2 Å². The third kappa shape index (κ3) is 4.52. The third-order valence-electron chi connectivity index (χ3n) is 6.70. The Morgan fingerprint density at radius 2 is 1.37 bits per heavy atom. The van der Waals surface area contributed by atoms with Crippen LogP contribution in [0.25, 0.3) is 0 Å². The number of hydrogen-bond donors (Lipinski definition) is 0. The van der Waals surface area contributed by atoms with Crippen molar-refractivity contribution in [2.75, 3.05) is 9.96 Å². The number of carbonyl (C=O) groups excluding carboxylic acids is 2. The number of ether oxygens (including phenoxy) is 1. The molecule has 6 nitrogen and oxygen atoms in total. The second-order valence-electron chi connectivity index (χ2n) is 9.14. The average Bonchev–Trinajstić information content (AvgIpc) is 3.44. The Morgan fingerprint density at radius 3 is 2.03 bits per heavy atom. The van der Waals surface area contributed by atoms with Crippen molar-refractivity contribution in [1.29, 1.82) is 0 Å². The van der Waals surface area contributed by atoms with Crippen molar-refractivity contribution in [2.45, 2.75) is 18.8 Å². The molecule has 4 aromatic rings. The molecule has 2 aliphatic rings. The fourth-order valence-corrected chi connectivity index (χ4v) is 5.49. The number of para-hydroxylation sites is 1. The van der Waals surface area contributed by atoms with Gasteiger partial charge in [-0.1, -0.05) is 83.9 Å².